The molecule has 26 heavy (non-hydrogen) atoms. The molecule has 0 amide bonds. The molecular weight excluding hydrogens is 373 g/mol. The van der Waals surface area contributed by atoms with E-state index >= 15 is 0 Å². The molecule has 0 radical (unpaired) electrons. The Morgan fingerprint density at radius 3 is 2.00 bits per heavy atom. The molecule has 0 saturated carbocycles. The second-order valence-corrected chi connectivity index (χ2v) is 7.44. The Morgan fingerprint density at radius 2 is 1.54 bits per heavy atom. The first-order chi connectivity index (χ1) is 12.1. The minimum absolute atomic E-state index is 0.0493. The van der Waals surface area contributed by atoms with E-state index in [2.05, 4.69) is 4.74 Å². The summed E-state index contributed by atoms with van der Waals surface area (Å²) in [6.45, 7) is 1.52. The smallest absolute Gasteiger partial charge is 0.478 e. The highest BCUT2D eigenvalue weighted by molar-refractivity contribution is 7.91. The molecule has 5 nitrogen and oxygen atoms in total. The Morgan fingerprint density at radius 1 is 1.00 bits per heavy atom. The van der Waals surface area contributed by atoms with E-state index in [0.29, 0.717) is 11.8 Å². The summed E-state index contributed by atoms with van der Waals surface area (Å²) in [6, 6.07) is 10.2. The maximum absolute atomic E-state index is 12.1. The predicted molar refractivity (Wildman–Crippen MR) is 86.7 cm³/mol. The van der Waals surface area contributed by atoms with Crippen molar-refractivity contribution in [3.63, 3.8) is 0 Å². The van der Waals surface area contributed by atoms with Gasteiger partial charge in [0.25, 0.3) is 0 Å². The summed E-state index contributed by atoms with van der Waals surface area (Å²) in [4.78, 5) is 11.4. The largest absolute Gasteiger partial charge is 0.573 e. The first-order valence-corrected chi connectivity index (χ1v) is 9.10. The van der Waals surface area contributed by atoms with Gasteiger partial charge in [-0.05, 0) is 42.0 Å². The Labute approximate surface area is 148 Å². The summed E-state index contributed by atoms with van der Waals surface area (Å²) in [7, 11) is -3.36. The van der Waals surface area contributed by atoms with Gasteiger partial charge in [0.05, 0.1) is 10.6 Å². The lowest BCUT2D eigenvalue weighted by Crippen LogP contribution is -2.17. The monoisotopic (exact) mass is 388 g/mol. The van der Waals surface area contributed by atoms with Gasteiger partial charge in [-0.25, -0.2) is 8.42 Å². The van der Waals surface area contributed by atoms with Gasteiger partial charge >= 0.3 is 6.36 Å². The van der Waals surface area contributed by atoms with E-state index in [1.807, 2.05) is 0 Å². The summed E-state index contributed by atoms with van der Waals surface area (Å²) < 4.78 is 69.1. The normalized spacial score (nSPS) is 13.1. The maximum atomic E-state index is 12.1. The molecule has 2 aromatic carbocycles. The second-order valence-electron chi connectivity index (χ2n) is 5.17. The Kier molecular flexibility index (Phi) is 5.91. The number of rotatable bonds is 7. The molecule has 0 fully saturated rings. The van der Waals surface area contributed by atoms with Crippen LogP contribution in [0.25, 0.3) is 0 Å². The van der Waals surface area contributed by atoms with Crippen LogP contribution in [0.4, 0.5) is 13.2 Å². The average Bonchev–Trinajstić information content (AvgIpc) is 2.60. The summed E-state index contributed by atoms with van der Waals surface area (Å²) in [6.07, 6.45) is -5.33. The highest BCUT2D eigenvalue weighted by atomic mass is 32.2. The van der Waals surface area contributed by atoms with Crippen LogP contribution in [0.15, 0.2) is 53.4 Å². The highest BCUT2D eigenvalue weighted by Gasteiger charge is 2.31. The van der Waals surface area contributed by atoms with Crippen LogP contribution in [-0.2, 0) is 14.6 Å². The molecule has 2 rings (SSSR count). The number of sulfone groups is 1. The lowest BCUT2D eigenvalue weighted by atomic mass is 10.1. The number of aldehydes is 1. The van der Waals surface area contributed by atoms with Crippen LogP contribution in [0.1, 0.15) is 18.6 Å². The quantitative estimate of drug-likeness (QED) is 0.677. The van der Waals surface area contributed by atoms with Gasteiger partial charge in [0, 0.05) is 0 Å². The molecule has 2 aromatic rings. The minimum atomic E-state index is -4.80. The van der Waals surface area contributed by atoms with Crippen molar-refractivity contribution < 1.29 is 35.9 Å². The SMILES string of the molecule is CCS(=O)(=O)c1ccc(C(C=O)Oc2ccc(OC(F)(F)F)cc2)cc1. The minimum Gasteiger partial charge on any atom is -0.478 e. The third-order valence-electron chi connectivity index (χ3n) is 3.39. The number of alkyl halides is 3. The van der Waals surface area contributed by atoms with Crippen LogP contribution in [0.3, 0.4) is 0 Å². The molecule has 0 saturated heterocycles. The van der Waals surface area contributed by atoms with Gasteiger partial charge in [-0.3, -0.25) is 4.79 Å². The lowest BCUT2D eigenvalue weighted by molar-refractivity contribution is -0.274. The summed E-state index contributed by atoms with van der Waals surface area (Å²) in [5.74, 6) is -0.310. The molecule has 0 N–H and O–H groups in total. The van der Waals surface area contributed by atoms with Gasteiger partial charge in [0.1, 0.15) is 11.5 Å². The van der Waals surface area contributed by atoms with Gasteiger partial charge < -0.3 is 9.47 Å². The van der Waals surface area contributed by atoms with Gasteiger partial charge in [-0.1, -0.05) is 19.1 Å². The molecule has 1 unspecified atom stereocenters. The number of halogens is 3. The van der Waals surface area contributed by atoms with Crippen LogP contribution < -0.4 is 9.47 Å². The number of carbonyl (C=O) groups excluding carboxylic acids is 1. The zero-order valence-electron chi connectivity index (χ0n) is 13.6. The van der Waals surface area contributed by atoms with Crippen LogP contribution in [0.5, 0.6) is 11.5 Å². The van der Waals surface area contributed by atoms with Crippen molar-refractivity contribution in [3.8, 4) is 11.5 Å². The van der Waals surface area contributed by atoms with Gasteiger partial charge in [-0.15, -0.1) is 13.2 Å². The Hall–Kier alpha value is -2.55. The van der Waals surface area contributed by atoms with E-state index in [0.717, 1.165) is 12.1 Å². The van der Waals surface area contributed by atoms with Gasteiger partial charge in [0.15, 0.2) is 22.2 Å². The fourth-order valence-corrected chi connectivity index (χ4v) is 2.96. The molecule has 0 bridgehead atoms. The van der Waals surface area contributed by atoms with E-state index in [1.165, 1.54) is 43.3 Å². The molecule has 140 valence electrons. The van der Waals surface area contributed by atoms with Crippen molar-refractivity contribution in [2.45, 2.75) is 24.3 Å². The molecule has 1 atom stereocenters. The number of hydrogen-bond donors (Lipinski definition) is 0. The van der Waals surface area contributed by atoms with Crippen LogP contribution in [0.2, 0.25) is 0 Å². The number of ether oxygens (including phenoxy) is 2. The van der Waals surface area contributed by atoms with E-state index in [9.17, 15) is 26.4 Å². The van der Waals surface area contributed by atoms with E-state index in [-0.39, 0.29) is 16.4 Å². The van der Waals surface area contributed by atoms with E-state index in [4.69, 9.17) is 4.74 Å². The molecule has 0 heterocycles. The zero-order chi connectivity index (χ0) is 19.4. The Bertz CT molecular complexity index is 843. The molecule has 0 spiro atoms. The first-order valence-electron chi connectivity index (χ1n) is 7.45. The predicted octanol–water partition coefficient (Wildman–Crippen LogP) is 3.70. The van der Waals surface area contributed by atoms with Crippen molar-refractivity contribution in [1.82, 2.24) is 0 Å². The topological polar surface area (TPSA) is 69.7 Å². The van der Waals surface area contributed by atoms with Gasteiger partial charge in [0.2, 0.25) is 0 Å². The highest BCUT2D eigenvalue weighted by Crippen LogP contribution is 2.27. The third kappa shape index (κ3) is 5.22. The summed E-state index contributed by atoms with van der Waals surface area (Å²) in [5, 5.41) is 0. The standard InChI is InChI=1S/C17H15F3O5S/c1-2-26(22,23)15-9-3-12(4-10-15)16(11-21)24-13-5-7-14(8-6-13)25-17(18,19)20/h3-11,16H,2H2,1H3. The average molecular weight is 388 g/mol. The molecule has 0 aliphatic heterocycles. The number of carbonyl (C=O) groups is 1. The van der Waals surface area contributed by atoms with Crippen molar-refractivity contribution in [3.05, 3.63) is 54.1 Å². The van der Waals surface area contributed by atoms with E-state index < -0.39 is 28.1 Å². The lowest BCUT2D eigenvalue weighted by Gasteiger charge is -2.15. The fraction of sp³-hybridized carbons (Fsp3) is 0.235. The van der Waals surface area contributed by atoms with Crippen molar-refractivity contribution >= 4 is 16.1 Å². The summed E-state index contributed by atoms with van der Waals surface area (Å²) in [5.41, 5.74) is 0.408. The molecule has 0 aliphatic rings. The molecule has 9 heteroatoms. The maximum Gasteiger partial charge on any atom is 0.573 e. The number of benzene rings is 2. The van der Waals surface area contributed by atoms with Crippen LogP contribution in [0, 0.1) is 0 Å². The van der Waals surface area contributed by atoms with Crippen molar-refractivity contribution in [2.75, 3.05) is 5.75 Å². The fourth-order valence-electron chi connectivity index (χ4n) is 2.07. The van der Waals surface area contributed by atoms with Crippen molar-refractivity contribution in [1.29, 1.82) is 0 Å². The Balaban J connectivity index is 2.13. The zero-order valence-corrected chi connectivity index (χ0v) is 14.4. The van der Waals surface area contributed by atoms with E-state index in [1.54, 1.807) is 0 Å². The summed E-state index contributed by atoms with van der Waals surface area (Å²) >= 11 is 0. The molecule has 0 aliphatic carbocycles. The first kappa shape index (κ1) is 19.8. The number of hydrogen-bond acceptors (Lipinski definition) is 5. The van der Waals surface area contributed by atoms with Gasteiger partial charge in [-0.2, -0.15) is 0 Å². The van der Waals surface area contributed by atoms with Crippen molar-refractivity contribution in [2.24, 2.45) is 0 Å². The molecule has 0 aromatic heterocycles. The molecular formula is C17H15F3O5S. The van der Waals surface area contributed by atoms with Crippen LogP contribution >= 0.6 is 0 Å². The third-order valence-corrected chi connectivity index (χ3v) is 5.14. The van der Waals surface area contributed by atoms with Crippen LogP contribution in [-0.4, -0.2) is 26.8 Å². The second kappa shape index (κ2) is 7.77.